The molecule has 68 heavy (non-hydrogen) atoms. The number of hydrogen-bond donors (Lipinski definition) is 0. The zero-order chi connectivity index (χ0) is 45.2. The van der Waals surface area contributed by atoms with Crippen molar-refractivity contribution in [2.24, 2.45) is 0 Å². The lowest BCUT2D eigenvalue weighted by atomic mass is 9.85. The molecule has 0 radical (unpaired) electrons. The highest BCUT2D eigenvalue weighted by Gasteiger charge is 2.22. The Morgan fingerprint density at radius 3 is 0.956 bits per heavy atom. The van der Waals surface area contributed by atoms with E-state index in [0.29, 0.717) is 0 Å². The van der Waals surface area contributed by atoms with Crippen molar-refractivity contribution >= 4 is 66.4 Å². The van der Waals surface area contributed by atoms with Crippen molar-refractivity contribution in [2.75, 3.05) is 9.80 Å². The van der Waals surface area contributed by atoms with Crippen LogP contribution in [0.3, 0.4) is 0 Å². The zero-order valence-electron chi connectivity index (χ0n) is 37.5. The average molecular weight is 867 g/mol. The van der Waals surface area contributed by atoms with E-state index in [1.54, 1.807) is 0 Å². The van der Waals surface area contributed by atoms with Gasteiger partial charge >= 0.3 is 0 Å². The van der Waals surface area contributed by atoms with Gasteiger partial charge in [0.25, 0.3) is 0 Å². The molecule has 0 heterocycles. The molecule has 0 atom stereocenters. The summed E-state index contributed by atoms with van der Waals surface area (Å²) in [5, 5.41) is 7.20. The highest BCUT2D eigenvalue weighted by Crippen LogP contribution is 2.49. The van der Waals surface area contributed by atoms with Gasteiger partial charge in [-0.05, 0) is 156 Å². The van der Waals surface area contributed by atoms with Crippen LogP contribution in [0, 0.1) is 0 Å². The van der Waals surface area contributed by atoms with Crippen LogP contribution in [0.1, 0.15) is 0 Å². The quantitative estimate of drug-likeness (QED) is 0.126. The number of anilines is 6. The molecule has 12 aromatic carbocycles. The molecule has 0 bridgehead atoms. The highest BCUT2D eigenvalue weighted by atomic mass is 15.1. The van der Waals surface area contributed by atoms with E-state index in [4.69, 9.17) is 0 Å². The van der Waals surface area contributed by atoms with Gasteiger partial charge in [-0.15, -0.1) is 0 Å². The van der Waals surface area contributed by atoms with Crippen LogP contribution in [0.25, 0.3) is 76.8 Å². The van der Waals surface area contributed by atoms with E-state index in [0.717, 1.165) is 34.1 Å². The maximum atomic E-state index is 2.42. The predicted molar refractivity (Wildman–Crippen MR) is 290 cm³/mol. The van der Waals surface area contributed by atoms with Crippen LogP contribution in [0.2, 0.25) is 0 Å². The third kappa shape index (κ3) is 7.64. The summed E-state index contributed by atoms with van der Waals surface area (Å²) < 4.78 is 0. The summed E-state index contributed by atoms with van der Waals surface area (Å²) in [6.45, 7) is 0. The fourth-order valence-corrected chi connectivity index (χ4v) is 9.97. The summed E-state index contributed by atoms with van der Waals surface area (Å²) in [5.41, 5.74) is 16.1. The number of benzene rings is 12. The van der Waals surface area contributed by atoms with E-state index in [9.17, 15) is 0 Å². The van der Waals surface area contributed by atoms with E-state index in [1.807, 2.05) is 0 Å². The molecule has 0 aromatic heterocycles. The molecule has 0 spiro atoms. The van der Waals surface area contributed by atoms with Gasteiger partial charge in [0.05, 0.1) is 0 Å². The zero-order valence-corrected chi connectivity index (χ0v) is 37.5. The number of para-hydroxylation sites is 2. The monoisotopic (exact) mass is 866 g/mol. The van der Waals surface area contributed by atoms with Gasteiger partial charge in [-0.25, -0.2) is 0 Å². The van der Waals surface area contributed by atoms with Gasteiger partial charge in [-0.1, -0.05) is 200 Å². The van der Waals surface area contributed by atoms with Crippen LogP contribution in [-0.2, 0) is 0 Å². The number of fused-ring (bicyclic) bond motifs is 3. The number of rotatable bonds is 10. The molecule has 0 amide bonds. The van der Waals surface area contributed by atoms with Gasteiger partial charge < -0.3 is 9.80 Å². The molecule has 12 aromatic rings. The van der Waals surface area contributed by atoms with Crippen LogP contribution in [-0.4, -0.2) is 0 Å². The summed E-state index contributed by atoms with van der Waals surface area (Å²) in [4.78, 5) is 4.77. The minimum Gasteiger partial charge on any atom is -0.310 e. The first-order chi connectivity index (χ1) is 33.7. The second-order valence-corrected chi connectivity index (χ2v) is 17.3. The fourth-order valence-electron chi connectivity index (χ4n) is 9.97. The molecule has 2 nitrogen and oxygen atoms in total. The van der Waals surface area contributed by atoms with Crippen molar-refractivity contribution in [3.8, 4) is 44.5 Å². The Morgan fingerprint density at radius 1 is 0.176 bits per heavy atom. The first-order valence-corrected chi connectivity index (χ1v) is 23.3. The van der Waals surface area contributed by atoms with E-state index in [2.05, 4.69) is 289 Å². The van der Waals surface area contributed by atoms with E-state index in [1.165, 1.54) is 76.8 Å². The van der Waals surface area contributed by atoms with Crippen molar-refractivity contribution in [1.82, 2.24) is 0 Å². The summed E-state index contributed by atoms with van der Waals surface area (Å²) in [6.07, 6.45) is 0. The Morgan fingerprint density at radius 2 is 0.500 bits per heavy atom. The van der Waals surface area contributed by atoms with E-state index >= 15 is 0 Å². The minimum atomic E-state index is 1.09. The first-order valence-electron chi connectivity index (χ1n) is 23.3. The molecule has 0 fully saturated rings. The molecule has 0 saturated carbocycles. The standard InChI is InChI=1S/C66H46N2/c1-6-18-47(19-7-1)50-32-36-57(37-33-50)67(55-26-12-4-13-27-55)59-41-43-62-63(45-59)65(52-23-10-3-11-24-52)61-42-40-60(46-64(61)66(62)54-31-30-49-22-16-17-25-53(49)44-54)68(56-28-14-5-15-29-56)58-38-34-51(35-39-58)48-20-8-2-9-21-48/h1-46H. The van der Waals surface area contributed by atoms with Crippen LogP contribution >= 0.6 is 0 Å². The van der Waals surface area contributed by atoms with E-state index in [-0.39, 0.29) is 0 Å². The molecule has 0 saturated heterocycles. The van der Waals surface area contributed by atoms with Gasteiger partial charge in [-0.3, -0.25) is 0 Å². The summed E-state index contributed by atoms with van der Waals surface area (Å²) in [7, 11) is 0. The van der Waals surface area contributed by atoms with Crippen molar-refractivity contribution < 1.29 is 0 Å². The SMILES string of the molecule is c1ccc(-c2ccc(N(c3ccccc3)c3ccc4c(-c5ccc6ccccc6c5)c5cc(N(c6ccccc6)c6ccc(-c7ccccc7)cc6)ccc5c(-c5ccccc5)c4c3)cc2)cc1. The van der Waals surface area contributed by atoms with Crippen molar-refractivity contribution in [3.05, 3.63) is 279 Å². The molecule has 0 aliphatic heterocycles. The predicted octanol–water partition coefficient (Wildman–Crippen LogP) is 18.8. The van der Waals surface area contributed by atoms with Crippen molar-refractivity contribution in [3.63, 3.8) is 0 Å². The molecule has 0 N–H and O–H groups in total. The maximum absolute atomic E-state index is 2.42. The lowest BCUT2D eigenvalue weighted by molar-refractivity contribution is 1.29. The molecule has 0 aliphatic rings. The normalized spacial score (nSPS) is 11.2. The van der Waals surface area contributed by atoms with Crippen molar-refractivity contribution in [1.29, 1.82) is 0 Å². The van der Waals surface area contributed by atoms with Gasteiger partial charge in [0.15, 0.2) is 0 Å². The van der Waals surface area contributed by atoms with E-state index < -0.39 is 0 Å². The average Bonchev–Trinajstić information content (AvgIpc) is 3.42. The van der Waals surface area contributed by atoms with Crippen LogP contribution in [0.15, 0.2) is 279 Å². The molecule has 0 aliphatic carbocycles. The number of hydrogen-bond acceptors (Lipinski definition) is 2. The summed E-state index contributed by atoms with van der Waals surface area (Å²) in [6, 6.07) is 101. The molecule has 320 valence electrons. The maximum Gasteiger partial charge on any atom is 0.0468 e. The lowest BCUT2D eigenvalue weighted by Gasteiger charge is -2.28. The Bertz CT molecular complexity index is 3690. The Labute approximate surface area is 397 Å². The molecule has 0 unspecified atom stereocenters. The largest absolute Gasteiger partial charge is 0.310 e. The van der Waals surface area contributed by atoms with Crippen molar-refractivity contribution in [2.45, 2.75) is 0 Å². The smallest absolute Gasteiger partial charge is 0.0468 e. The third-order valence-corrected chi connectivity index (χ3v) is 13.2. The highest BCUT2D eigenvalue weighted by molar-refractivity contribution is 6.23. The second-order valence-electron chi connectivity index (χ2n) is 17.3. The minimum absolute atomic E-state index is 1.09. The van der Waals surface area contributed by atoms with Crippen LogP contribution in [0.4, 0.5) is 34.1 Å². The molecular weight excluding hydrogens is 821 g/mol. The molecular formula is C66H46N2. The summed E-state index contributed by atoms with van der Waals surface area (Å²) in [5.74, 6) is 0. The third-order valence-electron chi connectivity index (χ3n) is 13.2. The Kier molecular flexibility index (Phi) is 10.6. The fraction of sp³-hybridized carbons (Fsp3) is 0. The number of nitrogens with zero attached hydrogens (tertiary/aromatic N) is 2. The molecule has 12 rings (SSSR count). The summed E-state index contributed by atoms with van der Waals surface area (Å²) >= 11 is 0. The van der Waals surface area contributed by atoms with Gasteiger partial charge in [-0.2, -0.15) is 0 Å². The van der Waals surface area contributed by atoms with Crippen LogP contribution in [0.5, 0.6) is 0 Å². The Balaban J connectivity index is 1.11. The topological polar surface area (TPSA) is 6.48 Å². The first kappa shape index (κ1) is 40.5. The Hall–Kier alpha value is -8.98. The van der Waals surface area contributed by atoms with Gasteiger partial charge in [0.1, 0.15) is 0 Å². The van der Waals surface area contributed by atoms with Gasteiger partial charge in [0, 0.05) is 34.1 Å². The lowest BCUT2D eigenvalue weighted by Crippen LogP contribution is -2.10. The molecule has 2 heteroatoms. The van der Waals surface area contributed by atoms with Crippen LogP contribution < -0.4 is 9.80 Å². The second kappa shape index (κ2) is 17.8. The van der Waals surface area contributed by atoms with Gasteiger partial charge in [0.2, 0.25) is 0 Å².